The van der Waals surface area contributed by atoms with Crippen LogP contribution in [0.3, 0.4) is 0 Å². The zero-order valence-corrected chi connectivity index (χ0v) is 7.62. The van der Waals surface area contributed by atoms with Gasteiger partial charge in [-0.05, 0) is 6.42 Å². The second kappa shape index (κ2) is 4.49. The van der Waals surface area contributed by atoms with Crippen LogP contribution in [0.5, 0.6) is 0 Å². The first-order valence-corrected chi connectivity index (χ1v) is 4.33. The van der Waals surface area contributed by atoms with E-state index in [4.69, 9.17) is 0 Å². The number of rotatable bonds is 4. The van der Waals surface area contributed by atoms with E-state index in [-0.39, 0.29) is 0 Å². The molecule has 2 unspecified atom stereocenters. The predicted octanol–water partition coefficient (Wildman–Crippen LogP) is 1.77. The molecule has 0 bridgehead atoms. The molecule has 0 spiro atoms. The molecule has 0 aromatic carbocycles. The van der Waals surface area contributed by atoms with E-state index in [9.17, 15) is 30.7 Å². The topological polar surface area (TPSA) is 49.4 Å². The maximum absolute atomic E-state index is 12.4. The van der Waals surface area contributed by atoms with Crippen molar-refractivity contribution in [2.75, 3.05) is 0 Å². The van der Waals surface area contributed by atoms with Gasteiger partial charge >= 0.3 is 12.1 Å². The predicted molar refractivity (Wildman–Crippen MR) is 35.1 cm³/mol. The van der Waals surface area contributed by atoms with Gasteiger partial charge in [-0.3, -0.25) is 4.18 Å². The summed E-state index contributed by atoms with van der Waals surface area (Å²) < 4.78 is 83.0. The van der Waals surface area contributed by atoms with Gasteiger partial charge in [-0.25, -0.2) is 4.21 Å². The van der Waals surface area contributed by atoms with Crippen molar-refractivity contribution in [2.24, 2.45) is 0 Å². The van der Waals surface area contributed by atoms with Crippen LogP contribution >= 0.6 is 0 Å². The molecule has 0 heterocycles. The van der Waals surface area contributed by atoms with Crippen molar-refractivity contribution in [1.29, 1.82) is 0 Å². The van der Waals surface area contributed by atoms with Crippen LogP contribution in [0.2, 0.25) is 0 Å². The van der Waals surface area contributed by atoms with Gasteiger partial charge in [0.2, 0.25) is 0 Å². The Balaban J connectivity index is 4.74. The van der Waals surface area contributed by atoms with Crippen molar-refractivity contribution in [3.8, 4) is 0 Å². The molecule has 0 amide bonds. The molecule has 0 aromatic heterocycles. The van der Waals surface area contributed by atoms with E-state index in [2.05, 4.69) is 4.18 Å². The number of halogens is 5. The fourth-order valence-corrected chi connectivity index (χ4v) is 1.11. The first-order chi connectivity index (χ1) is 6.13. The Labute approximate surface area is 78.7 Å². The van der Waals surface area contributed by atoms with Gasteiger partial charge in [-0.2, -0.15) is 22.0 Å². The highest BCUT2D eigenvalue weighted by Gasteiger charge is 2.62. The average Bonchev–Trinajstić information content (AvgIpc) is 1.97. The zero-order chi connectivity index (χ0) is 11.6. The molecule has 0 aliphatic heterocycles. The Morgan fingerprint density at radius 3 is 2.00 bits per heavy atom. The largest absolute Gasteiger partial charge is 0.750 e. The number of hydrogen-bond acceptors (Lipinski definition) is 3. The maximum Gasteiger partial charge on any atom is 0.456 e. The van der Waals surface area contributed by atoms with Crippen LogP contribution in [-0.2, 0) is 15.5 Å². The Morgan fingerprint density at radius 2 is 1.79 bits per heavy atom. The molecule has 0 fully saturated rings. The summed E-state index contributed by atoms with van der Waals surface area (Å²) in [6.45, 7) is 0.956. The third kappa shape index (κ3) is 3.14. The molecule has 0 aromatic rings. The Morgan fingerprint density at radius 1 is 1.36 bits per heavy atom. The lowest BCUT2D eigenvalue weighted by molar-refractivity contribution is -0.308. The quantitative estimate of drug-likeness (QED) is 0.556. The van der Waals surface area contributed by atoms with Crippen molar-refractivity contribution in [3.63, 3.8) is 0 Å². The lowest BCUT2D eigenvalue weighted by Crippen LogP contribution is -2.48. The minimum absolute atomic E-state index is 0.777. The normalized spacial score (nSPS) is 17.9. The number of alkyl halides is 5. The smallest absolute Gasteiger partial charge is 0.456 e. The summed E-state index contributed by atoms with van der Waals surface area (Å²) in [5.74, 6) is -5.18. The Hall–Kier alpha value is -0.280. The van der Waals surface area contributed by atoms with E-state index in [0.29, 0.717) is 0 Å². The summed E-state index contributed by atoms with van der Waals surface area (Å²) >= 11 is -3.41. The molecule has 0 saturated carbocycles. The van der Waals surface area contributed by atoms with Crippen molar-refractivity contribution in [2.45, 2.75) is 31.5 Å². The van der Waals surface area contributed by atoms with Gasteiger partial charge in [0.15, 0.2) is 0 Å². The van der Waals surface area contributed by atoms with Gasteiger partial charge in [0.25, 0.3) is 0 Å². The van der Waals surface area contributed by atoms with Gasteiger partial charge in [0.05, 0.1) is 11.4 Å². The standard InChI is InChI=1S/C5H7F5O3S/c1-2-3(13-14(11)12)4(6,7)5(8,9)10/h3H,2H2,1H3,(H,11,12)/p-1. The molecule has 0 N–H and O–H groups in total. The van der Waals surface area contributed by atoms with Crippen LogP contribution in [0.15, 0.2) is 0 Å². The van der Waals surface area contributed by atoms with E-state index < -0.39 is 36.0 Å². The molecule has 14 heavy (non-hydrogen) atoms. The van der Waals surface area contributed by atoms with E-state index in [1.807, 2.05) is 0 Å². The molecule has 9 heteroatoms. The summed E-state index contributed by atoms with van der Waals surface area (Å²) in [4.78, 5) is 0. The molecule has 86 valence electrons. The summed E-state index contributed by atoms with van der Waals surface area (Å²) in [6, 6.07) is 0. The molecule has 0 radical (unpaired) electrons. The van der Waals surface area contributed by atoms with Crippen LogP contribution in [0, 0.1) is 0 Å². The highest BCUT2D eigenvalue weighted by molar-refractivity contribution is 7.74. The number of hydrogen-bond donors (Lipinski definition) is 0. The van der Waals surface area contributed by atoms with E-state index >= 15 is 0 Å². The van der Waals surface area contributed by atoms with E-state index in [1.165, 1.54) is 0 Å². The monoisotopic (exact) mass is 241 g/mol. The highest BCUT2D eigenvalue weighted by atomic mass is 32.2. The van der Waals surface area contributed by atoms with Gasteiger partial charge in [-0.15, -0.1) is 0 Å². The van der Waals surface area contributed by atoms with Crippen LogP contribution in [0.1, 0.15) is 13.3 Å². The van der Waals surface area contributed by atoms with Gasteiger partial charge < -0.3 is 4.55 Å². The summed E-state index contributed by atoms with van der Waals surface area (Å²) in [5, 5.41) is 0. The lowest BCUT2D eigenvalue weighted by atomic mass is 10.1. The van der Waals surface area contributed by atoms with Crippen molar-refractivity contribution >= 4 is 11.4 Å². The lowest BCUT2D eigenvalue weighted by Gasteiger charge is -2.27. The Bertz CT molecular complexity index is 216. The summed E-state index contributed by atoms with van der Waals surface area (Å²) in [7, 11) is 0. The van der Waals surface area contributed by atoms with E-state index in [1.54, 1.807) is 0 Å². The molecule has 0 saturated heterocycles. The van der Waals surface area contributed by atoms with E-state index in [0.717, 1.165) is 6.92 Å². The third-order valence-electron chi connectivity index (χ3n) is 1.35. The minimum atomic E-state index is -5.83. The van der Waals surface area contributed by atoms with Crippen LogP contribution in [0.25, 0.3) is 0 Å². The summed E-state index contributed by atoms with van der Waals surface area (Å²) in [6.07, 6.45) is -9.33. The maximum atomic E-state index is 12.4. The van der Waals surface area contributed by atoms with Crippen LogP contribution < -0.4 is 0 Å². The second-order valence-electron chi connectivity index (χ2n) is 2.32. The molecular weight excluding hydrogens is 235 g/mol. The molecule has 3 nitrogen and oxygen atoms in total. The first kappa shape index (κ1) is 13.7. The Kier molecular flexibility index (Phi) is 4.40. The fourth-order valence-electron chi connectivity index (χ4n) is 0.662. The van der Waals surface area contributed by atoms with Crippen molar-refractivity contribution in [3.05, 3.63) is 0 Å². The SMILES string of the molecule is CCC(OS(=O)[O-])C(F)(F)C(F)(F)F. The van der Waals surface area contributed by atoms with Gasteiger partial charge in [0, 0.05) is 0 Å². The first-order valence-electron chi connectivity index (χ1n) is 3.33. The highest BCUT2D eigenvalue weighted by Crippen LogP contribution is 2.40. The zero-order valence-electron chi connectivity index (χ0n) is 6.81. The molecule has 0 aliphatic rings. The fraction of sp³-hybridized carbons (Fsp3) is 1.00. The molecule has 0 rings (SSSR count). The van der Waals surface area contributed by atoms with Crippen LogP contribution in [-0.4, -0.2) is 27.0 Å². The average molecular weight is 241 g/mol. The van der Waals surface area contributed by atoms with Crippen molar-refractivity contribution < 1.29 is 34.9 Å². The van der Waals surface area contributed by atoms with Gasteiger partial charge in [0.1, 0.15) is 6.10 Å². The van der Waals surface area contributed by atoms with Crippen LogP contribution in [0.4, 0.5) is 22.0 Å². The molecule has 2 atom stereocenters. The van der Waals surface area contributed by atoms with Crippen molar-refractivity contribution in [1.82, 2.24) is 0 Å². The van der Waals surface area contributed by atoms with Gasteiger partial charge in [-0.1, -0.05) is 6.92 Å². The third-order valence-corrected chi connectivity index (χ3v) is 1.74. The molecular formula is C5H6F5O3S-. The molecule has 0 aliphatic carbocycles. The minimum Gasteiger partial charge on any atom is -0.750 e. The second-order valence-corrected chi connectivity index (χ2v) is 2.92. The summed E-state index contributed by atoms with van der Waals surface area (Å²) in [5.41, 5.74) is 0.